The van der Waals surface area contributed by atoms with Crippen LogP contribution in [0.25, 0.3) is 0 Å². The summed E-state index contributed by atoms with van der Waals surface area (Å²) in [5.41, 5.74) is 0.172. The zero-order chi connectivity index (χ0) is 17.5. The molecule has 24 heavy (non-hydrogen) atoms. The van der Waals surface area contributed by atoms with Crippen LogP contribution in [0.15, 0.2) is 10.7 Å². The van der Waals surface area contributed by atoms with E-state index in [0.29, 0.717) is 24.8 Å². The lowest BCUT2D eigenvalue weighted by Crippen LogP contribution is -2.25. The summed E-state index contributed by atoms with van der Waals surface area (Å²) in [5, 5.41) is 0. The molecule has 2 rings (SSSR count). The molecular weight excluding hydrogens is 314 g/mol. The first-order valence-corrected chi connectivity index (χ1v) is 8.24. The first-order valence-electron chi connectivity index (χ1n) is 8.24. The Morgan fingerprint density at radius 1 is 1.25 bits per heavy atom. The van der Waals surface area contributed by atoms with Gasteiger partial charge in [-0.15, -0.1) is 0 Å². The minimum Gasteiger partial charge on any atom is -0.466 e. The monoisotopic (exact) mass is 337 g/mol. The van der Waals surface area contributed by atoms with Gasteiger partial charge >= 0.3 is 11.9 Å². The number of hydrogen-bond acceptors (Lipinski definition) is 7. The summed E-state index contributed by atoms with van der Waals surface area (Å²) in [7, 11) is 1.30. The van der Waals surface area contributed by atoms with Gasteiger partial charge in [0.15, 0.2) is 11.6 Å². The molecule has 1 aliphatic rings. The molecule has 0 aromatic carbocycles. The van der Waals surface area contributed by atoms with E-state index in [0.717, 1.165) is 25.7 Å². The van der Waals surface area contributed by atoms with Crippen molar-refractivity contribution in [2.75, 3.05) is 13.7 Å². The van der Waals surface area contributed by atoms with Crippen LogP contribution in [0.5, 0.6) is 0 Å². The summed E-state index contributed by atoms with van der Waals surface area (Å²) in [6.45, 7) is 2.02. The number of esters is 2. The van der Waals surface area contributed by atoms with Gasteiger partial charge in [-0.05, 0) is 38.5 Å². The topological polar surface area (TPSA) is 95.7 Å². The molecular formula is C17H23NO6. The van der Waals surface area contributed by atoms with Crippen LogP contribution in [0.2, 0.25) is 0 Å². The highest BCUT2D eigenvalue weighted by molar-refractivity contribution is 5.96. The first-order chi connectivity index (χ1) is 11.5. The zero-order valence-electron chi connectivity index (χ0n) is 14.1. The van der Waals surface area contributed by atoms with Crippen LogP contribution >= 0.6 is 0 Å². The minimum absolute atomic E-state index is 0.0315. The van der Waals surface area contributed by atoms with Gasteiger partial charge in [-0.3, -0.25) is 9.59 Å². The molecule has 1 heterocycles. The zero-order valence-corrected chi connectivity index (χ0v) is 14.1. The van der Waals surface area contributed by atoms with Crippen molar-refractivity contribution in [1.82, 2.24) is 4.98 Å². The Morgan fingerprint density at radius 3 is 2.58 bits per heavy atom. The number of ether oxygens (including phenoxy) is 2. The molecule has 1 aromatic rings. The summed E-state index contributed by atoms with van der Waals surface area (Å²) in [6.07, 6.45) is 5.06. The van der Waals surface area contributed by atoms with E-state index in [-0.39, 0.29) is 23.8 Å². The molecule has 0 N–H and O–H groups in total. The van der Waals surface area contributed by atoms with Gasteiger partial charge in [0.1, 0.15) is 18.5 Å². The Balaban J connectivity index is 1.78. The Morgan fingerprint density at radius 2 is 1.96 bits per heavy atom. The molecule has 0 unspecified atom stereocenters. The second-order valence-electron chi connectivity index (χ2n) is 5.99. The maximum Gasteiger partial charge on any atom is 0.360 e. The van der Waals surface area contributed by atoms with Crippen LogP contribution in [0, 0.1) is 11.8 Å². The van der Waals surface area contributed by atoms with E-state index in [9.17, 15) is 14.4 Å². The van der Waals surface area contributed by atoms with Crippen LogP contribution < -0.4 is 0 Å². The van der Waals surface area contributed by atoms with Crippen molar-refractivity contribution in [3.8, 4) is 0 Å². The predicted octanol–water partition coefficient (Wildman–Crippen LogP) is 2.33. The normalized spacial score (nSPS) is 20.4. The lowest BCUT2D eigenvalue weighted by molar-refractivity contribution is -0.146. The third-order valence-corrected chi connectivity index (χ3v) is 4.34. The van der Waals surface area contributed by atoms with Gasteiger partial charge in [0.2, 0.25) is 0 Å². The molecule has 7 nitrogen and oxygen atoms in total. The second kappa shape index (κ2) is 8.61. The summed E-state index contributed by atoms with van der Waals surface area (Å²) >= 11 is 0. The number of oxazole rings is 1. The highest BCUT2D eigenvalue weighted by Gasteiger charge is 2.28. The van der Waals surface area contributed by atoms with E-state index in [1.807, 2.05) is 0 Å². The lowest BCUT2D eigenvalue weighted by Gasteiger charge is -2.26. The van der Waals surface area contributed by atoms with Gasteiger partial charge in [-0.1, -0.05) is 0 Å². The fourth-order valence-corrected chi connectivity index (χ4v) is 3.04. The average molecular weight is 337 g/mol. The van der Waals surface area contributed by atoms with Crippen molar-refractivity contribution < 1.29 is 28.3 Å². The number of methoxy groups -OCH3 is 1. The van der Waals surface area contributed by atoms with Crippen molar-refractivity contribution in [2.24, 2.45) is 11.8 Å². The van der Waals surface area contributed by atoms with E-state index in [4.69, 9.17) is 9.15 Å². The molecule has 0 atom stereocenters. The van der Waals surface area contributed by atoms with Gasteiger partial charge in [0, 0.05) is 12.3 Å². The average Bonchev–Trinajstić information content (AvgIpc) is 3.03. The fraction of sp³-hybridized carbons (Fsp3) is 0.647. The summed E-state index contributed by atoms with van der Waals surface area (Å²) in [5.74, 6) is -0.188. The molecule has 132 valence electrons. The van der Waals surface area contributed by atoms with Gasteiger partial charge in [-0.25, -0.2) is 9.78 Å². The molecule has 1 aliphatic carbocycles. The van der Waals surface area contributed by atoms with E-state index in [1.165, 1.54) is 13.4 Å². The third kappa shape index (κ3) is 4.91. The number of Topliss-reactive ketones (excluding diaryl/α,β-unsaturated/α-hetero) is 1. The maximum absolute atomic E-state index is 12.1. The molecule has 0 saturated heterocycles. The SMILES string of the molecule is CCOC(=O)CC(=O)C1CCC(Cc2nc(C(=O)OC)co2)CC1. The third-order valence-electron chi connectivity index (χ3n) is 4.34. The predicted molar refractivity (Wildman–Crippen MR) is 83.3 cm³/mol. The van der Waals surface area contributed by atoms with Gasteiger partial charge < -0.3 is 13.9 Å². The number of nitrogens with zero attached hydrogens (tertiary/aromatic N) is 1. The summed E-state index contributed by atoms with van der Waals surface area (Å²) in [4.78, 5) is 38.9. The van der Waals surface area contributed by atoms with E-state index in [2.05, 4.69) is 9.72 Å². The van der Waals surface area contributed by atoms with Crippen molar-refractivity contribution in [3.63, 3.8) is 0 Å². The summed E-state index contributed by atoms with van der Waals surface area (Å²) in [6, 6.07) is 0. The molecule has 0 amide bonds. The largest absolute Gasteiger partial charge is 0.466 e. The Labute approximate surface area is 140 Å². The highest BCUT2D eigenvalue weighted by atomic mass is 16.5. The maximum atomic E-state index is 12.1. The molecule has 1 fully saturated rings. The molecule has 1 saturated carbocycles. The van der Waals surface area contributed by atoms with Crippen molar-refractivity contribution >= 4 is 17.7 Å². The molecule has 7 heteroatoms. The quantitative estimate of drug-likeness (QED) is 0.556. The highest BCUT2D eigenvalue weighted by Crippen LogP contribution is 2.32. The van der Waals surface area contributed by atoms with Crippen LogP contribution in [0.1, 0.15) is 55.4 Å². The van der Waals surface area contributed by atoms with Crippen molar-refractivity contribution in [2.45, 2.75) is 45.4 Å². The number of hydrogen-bond donors (Lipinski definition) is 0. The summed E-state index contributed by atoms with van der Waals surface area (Å²) < 4.78 is 14.7. The van der Waals surface area contributed by atoms with E-state index >= 15 is 0 Å². The number of carbonyl (C=O) groups excluding carboxylic acids is 3. The second-order valence-corrected chi connectivity index (χ2v) is 5.99. The molecule has 0 aliphatic heterocycles. The fourth-order valence-electron chi connectivity index (χ4n) is 3.04. The lowest BCUT2D eigenvalue weighted by atomic mass is 9.78. The smallest absolute Gasteiger partial charge is 0.360 e. The molecule has 1 aromatic heterocycles. The van der Waals surface area contributed by atoms with Crippen LogP contribution in [-0.2, 0) is 25.5 Å². The van der Waals surface area contributed by atoms with Crippen LogP contribution in [0.3, 0.4) is 0 Å². The van der Waals surface area contributed by atoms with Crippen molar-refractivity contribution in [3.05, 3.63) is 17.8 Å². The van der Waals surface area contributed by atoms with E-state index in [1.54, 1.807) is 6.92 Å². The number of rotatable bonds is 7. The van der Waals surface area contributed by atoms with Gasteiger partial charge in [-0.2, -0.15) is 0 Å². The first kappa shape index (κ1) is 18.2. The van der Waals surface area contributed by atoms with Gasteiger partial charge in [0.25, 0.3) is 0 Å². The Hall–Kier alpha value is -2.18. The standard InChI is InChI=1S/C17H23NO6/c1-3-23-16(20)9-14(19)12-6-4-11(5-7-12)8-15-18-13(10-24-15)17(21)22-2/h10-12H,3-9H2,1-2H3. The number of aromatic nitrogens is 1. The van der Waals surface area contributed by atoms with Crippen molar-refractivity contribution in [1.29, 1.82) is 0 Å². The molecule has 0 radical (unpaired) electrons. The number of ketones is 1. The molecule has 0 spiro atoms. The minimum atomic E-state index is -0.515. The van der Waals surface area contributed by atoms with Crippen LogP contribution in [0.4, 0.5) is 0 Å². The Kier molecular flexibility index (Phi) is 6.52. The van der Waals surface area contributed by atoms with Crippen LogP contribution in [-0.4, -0.2) is 36.4 Å². The Bertz CT molecular complexity index is 586. The van der Waals surface area contributed by atoms with E-state index < -0.39 is 11.9 Å². The molecule has 0 bridgehead atoms. The van der Waals surface area contributed by atoms with Gasteiger partial charge in [0.05, 0.1) is 13.7 Å². The number of carbonyl (C=O) groups is 3.